The molecule has 0 N–H and O–H groups in total. The first-order chi connectivity index (χ1) is 12.1. The molecule has 1 heterocycles. The Balaban J connectivity index is 1.70. The normalized spacial score (nSPS) is 10.5. The molecule has 0 aliphatic rings. The van der Waals surface area contributed by atoms with E-state index in [1.807, 2.05) is 48.5 Å². The van der Waals surface area contributed by atoms with Crippen LogP contribution in [0.15, 0.2) is 53.0 Å². The highest BCUT2D eigenvalue weighted by molar-refractivity contribution is 9.10. The van der Waals surface area contributed by atoms with Crippen molar-refractivity contribution >= 4 is 38.3 Å². The standard InChI is InChI=1S/C18H16BrN3O2S/c1-22(16(23)11-12-3-9-15(24-2)10-4-12)18-21-20-17(25-18)13-5-7-14(19)8-6-13/h3-10H,11H2,1-2H3. The fourth-order valence-electron chi connectivity index (χ4n) is 2.20. The van der Waals surface area contributed by atoms with Gasteiger partial charge in [0.05, 0.1) is 13.5 Å². The highest BCUT2D eigenvalue weighted by atomic mass is 79.9. The molecule has 3 rings (SSSR count). The Morgan fingerprint density at radius 3 is 2.44 bits per heavy atom. The molecule has 25 heavy (non-hydrogen) atoms. The van der Waals surface area contributed by atoms with Gasteiger partial charge in [0.25, 0.3) is 0 Å². The van der Waals surface area contributed by atoms with E-state index in [0.717, 1.165) is 26.4 Å². The maximum atomic E-state index is 12.5. The Morgan fingerprint density at radius 1 is 1.12 bits per heavy atom. The number of rotatable bonds is 5. The van der Waals surface area contributed by atoms with Crippen molar-refractivity contribution in [1.82, 2.24) is 10.2 Å². The fraction of sp³-hybridized carbons (Fsp3) is 0.167. The largest absolute Gasteiger partial charge is 0.497 e. The molecule has 0 unspecified atom stereocenters. The number of nitrogens with zero attached hydrogens (tertiary/aromatic N) is 3. The van der Waals surface area contributed by atoms with Gasteiger partial charge in [0.15, 0.2) is 0 Å². The quantitative estimate of drug-likeness (QED) is 0.624. The molecule has 3 aromatic rings. The second-order valence-corrected chi connectivity index (χ2v) is 7.25. The first-order valence-electron chi connectivity index (χ1n) is 7.56. The topological polar surface area (TPSA) is 55.3 Å². The number of hydrogen-bond donors (Lipinski definition) is 0. The average Bonchev–Trinajstić information content (AvgIpc) is 3.12. The summed E-state index contributed by atoms with van der Waals surface area (Å²) in [6.07, 6.45) is 0.299. The summed E-state index contributed by atoms with van der Waals surface area (Å²) in [5, 5.41) is 9.70. The van der Waals surface area contributed by atoms with Gasteiger partial charge in [-0.1, -0.05) is 51.5 Å². The van der Waals surface area contributed by atoms with Gasteiger partial charge in [-0.25, -0.2) is 0 Å². The first-order valence-corrected chi connectivity index (χ1v) is 9.16. The highest BCUT2D eigenvalue weighted by Crippen LogP contribution is 2.29. The van der Waals surface area contributed by atoms with Gasteiger partial charge in [-0.05, 0) is 29.8 Å². The summed E-state index contributed by atoms with van der Waals surface area (Å²) in [5.74, 6) is 0.733. The number of methoxy groups -OCH3 is 1. The van der Waals surface area contributed by atoms with Crippen LogP contribution in [0.3, 0.4) is 0 Å². The third kappa shape index (κ3) is 4.24. The van der Waals surface area contributed by atoms with Crippen molar-refractivity contribution in [1.29, 1.82) is 0 Å². The van der Waals surface area contributed by atoms with Crippen LogP contribution >= 0.6 is 27.3 Å². The Morgan fingerprint density at radius 2 is 1.80 bits per heavy atom. The van der Waals surface area contributed by atoms with Crippen LogP contribution < -0.4 is 9.64 Å². The number of likely N-dealkylation sites (N-methyl/N-ethyl adjacent to an activating group) is 1. The molecule has 1 aromatic heterocycles. The summed E-state index contributed by atoms with van der Waals surface area (Å²) in [4.78, 5) is 14.0. The van der Waals surface area contributed by atoms with Crippen molar-refractivity contribution < 1.29 is 9.53 Å². The lowest BCUT2D eigenvalue weighted by molar-refractivity contribution is -0.117. The third-order valence-corrected chi connectivity index (χ3v) is 5.26. The maximum absolute atomic E-state index is 12.5. The Hall–Kier alpha value is -2.25. The molecule has 0 spiro atoms. The van der Waals surface area contributed by atoms with E-state index in [-0.39, 0.29) is 5.91 Å². The number of ether oxygens (including phenoxy) is 1. The lowest BCUT2D eigenvalue weighted by atomic mass is 10.1. The molecule has 0 radical (unpaired) electrons. The van der Waals surface area contributed by atoms with E-state index in [1.54, 1.807) is 19.1 Å². The predicted octanol–water partition coefficient (Wildman–Crippen LogP) is 4.18. The first kappa shape index (κ1) is 17.6. The molecule has 0 saturated heterocycles. The molecule has 0 aliphatic carbocycles. The summed E-state index contributed by atoms with van der Waals surface area (Å²) in [7, 11) is 3.34. The van der Waals surface area contributed by atoms with E-state index in [2.05, 4.69) is 26.1 Å². The molecule has 0 atom stereocenters. The van der Waals surface area contributed by atoms with Crippen molar-refractivity contribution in [2.75, 3.05) is 19.1 Å². The second-order valence-electron chi connectivity index (χ2n) is 5.37. The van der Waals surface area contributed by atoms with E-state index in [9.17, 15) is 4.79 Å². The van der Waals surface area contributed by atoms with Gasteiger partial charge in [0.1, 0.15) is 10.8 Å². The number of benzene rings is 2. The van der Waals surface area contributed by atoms with Crippen LogP contribution in [-0.2, 0) is 11.2 Å². The smallest absolute Gasteiger partial charge is 0.232 e. The zero-order chi connectivity index (χ0) is 17.8. The molecule has 0 fully saturated rings. The lowest BCUT2D eigenvalue weighted by Gasteiger charge is -2.13. The van der Waals surface area contributed by atoms with Crippen molar-refractivity contribution in [2.24, 2.45) is 0 Å². The van der Waals surface area contributed by atoms with Crippen LogP contribution in [0.1, 0.15) is 5.56 Å². The number of aromatic nitrogens is 2. The van der Waals surface area contributed by atoms with E-state index in [4.69, 9.17) is 4.74 Å². The van der Waals surface area contributed by atoms with Gasteiger partial charge in [0.2, 0.25) is 11.0 Å². The minimum absolute atomic E-state index is 0.0383. The number of halogens is 1. The third-order valence-electron chi connectivity index (χ3n) is 3.68. The van der Waals surface area contributed by atoms with Crippen molar-refractivity contribution in [2.45, 2.75) is 6.42 Å². The summed E-state index contributed by atoms with van der Waals surface area (Å²) >= 11 is 4.81. The van der Waals surface area contributed by atoms with E-state index < -0.39 is 0 Å². The minimum Gasteiger partial charge on any atom is -0.497 e. The Bertz CT molecular complexity index is 863. The summed E-state index contributed by atoms with van der Waals surface area (Å²) in [6, 6.07) is 15.3. The summed E-state index contributed by atoms with van der Waals surface area (Å²) < 4.78 is 6.14. The second kappa shape index (κ2) is 7.76. The van der Waals surface area contributed by atoms with Crippen molar-refractivity contribution in [3.63, 3.8) is 0 Å². The zero-order valence-corrected chi connectivity index (χ0v) is 16.2. The molecular formula is C18H16BrN3O2S. The number of anilines is 1. The van der Waals surface area contributed by atoms with Crippen LogP contribution in [0.4, 0.5) is 5.13 Å². The highest BCUT2D eigenvalue weighted by Gasteiger charge is 2.17. The SMILES string of the molecule is COc1ccc(CC(=O)N(C)c2nnc(-c3ccc(Br)cc3)s2)cc1. The van der Waals surface area contributed by atoms with E-state index in [1.165, 1.54) is 11.3 Å². The molecule has 0 saturated carbocycles. The Kier molecular flexibility index (Phi) is 5.45. The minimum atomic E-state index is -0.0383. The van der Waals surface area contributed by atoms with Crippen LogP contribution in [0.25, 0.3) is 10.6 Å². The van der Waals surface area contributed by atoms with Gasteiger partial charge in [-0.15, -0.1) is 10.2 Å². The molecule has 0 aliphatic heterocycles. The fourth-order valence-corrected chi connectivity index (χ4v) is 3.30. The summed E-state index contributed by atoms with van der Waals surface area (Å²) in [5.41, 5.74) is 1.90. The van der Waals surface area contributed by atoms with Gasteiger partial charge >= 0.3 is 0 Å². The predicted molar refractivity (Wildman–Crippen MR) is 103 cm³/mol. The number of hydrogen-bond acceptors (Lipinski definition) is 5. The van der Waals surface area contributed by atoms with Gasteiger partial charge < -0.3 is 4.74 Å². The molecule has 2 aromatic carbocycles. The van der Waals surface area contributed by atoms with Crippen molar-refractivity contribution in [3.05, 3.63) is 58.6 Å². The number of carbonyl (C=O) groups excluding carboxylic acids is 1. The monoisotopic (exact) mass is 417 g/mol. The van der Waals surface area contributed by atoms with Crippen LogP contribution in [0, 0.1) is 0 Å². The van der Waals surface area contributed by atoms with Gasteiger partial charge in [0, 0.05) is 17.1 Å². The van der Waals surface area contributed by atoms with Gasteiger partial charge in [-0.2, -0.15) is 0 Å². The lowest BCUT2D eigenvalue weighted by Crippen LogP contribution is -2.27. The number of carbonyl (C=O) groups is 1. The van der Waals surface area contributed by atoms with Crippen molar-refractivity contribution in [3.8, 4) is 16.3 Å². The number of amides is 1. The Labute approximate surface area is 158 Å². The zero-order valence-electron chi connectivity index (χ0n) is 13.8. The molecular weight excluding hydrogens is 402 g/mol. The summed E-state index contributed by atoms with van der Waals surface area (Å²) in [6.45, 7) is 0. The van der Waals surface area contributed by atoms with Crippen LogP contribution in [0.2, 0.25) is 0 Å². The van der Waals surface area contributed by atoms with Crippen LogP contribution in [-0.4, -0.2) is 30.3 Å². The molecule has 5 nitrogen and oxygen atoms in total. The van der Waals surface area contributed by atoms with Crippen LogP contribution in [0.5, 0.6) is 5.75 Å². The molecule has 128 valence electrons. The molecule has 7 heteroatoms. The van der Waals surface area contributed by atoms with E-state index in [0.29, 0.717) is 11.6 Å². The average molecular weight is 418 g/mol. The van der Waals surface area contributed by atoms with Gasteiger partial charge in [-0.3, -0.25) is 9.69 Å². The molecule has 0 bridgehead atoms. The maximum Gasteiger partial charge on any atom is 0.232 e. The molecule has 1 amide bonds. The van der Waals surface area contributed by atoms with E-state index >= 15 is 0 Å².